The summed E-state index contributed by atoms with van der Waals surface area (Å²) in [6, 6.07) is 17.8. The van der Waals surface area contributed by atoms with Gasteiger partial charge in [-0.05, 0) is 93.3 Å². The van der Waals surface area contributed by atoms with Crippen molar-refractivity contribution in [2.45, 2.75) is 63.8 Å². The molecule has 0 aromatic heterocycles. The first-order valence-electron chi connectivity index (χ1n) is 12.0. The molecule has 1 unspecified atom stereocenters. The number of aryl methyl sites for hydroxylation is 1. The average molecular weight is 439 g/mol. The van der Waals surface area contributed by atoms with Crippen molar-refractivity contribution in [2.75, 3.05) is 26.2 Å². The summed E-state index contributed by atoms with van der Waals surface area (Å²) in [4.78, 5) is 17.3. The van der Waals surface area contributed by atoms with Crippen LogP contribution in [-0.4, -0.2) is 41.9 Å². The molecule has 0 N–H and O–H groups in total. The predicted molar refractivity (Wildman–Crippen MR) is 129 cm³/mol. The topological polar surface area (TPSA) is 23.6 Å². The van der Waals surface area contributed by atoms with E-state index in [1.165, 1.54) is 42.6 Å². The van der Waals surface area contributed by atoms with Crippen LogP contribution in [0, 0.1) is 0 Å². The van der Waals surface area contributed by atoms with E-state index >= 15 is 0 Å². The Morgan fingerprint density at radius 3 is 2.26 bits per heavy atom. The van der Waals surface area contributed by atoms with Crippen LogP contribution < -0.4 is 0 Å². The first-order valence-corrected chi connectivity index (χ1v) is 12.3. The van der Waals surface area contributed by atoms with Gasteiger partial charge in [0.2, 0.25) is 5.91 Å². The highest BCUT2D eigenvalue weighted by molar-refractivity contribution is 6.30. The minimum absolute atomic E-state index is 0.314. The second kappa shape index (κ2) is 10.7. The van der Waals surface area contributed by atoms with Gasteiger partial charge in [0.25, 0.3) is 0 Å². The molecule has 2 heterocycles. The van der Waals surface area contributed by atoms with Crippen LogP contribution in [0.15, 0.2) is 48.5 Å². The lowest BCUT2D eigenvalue weighted by Crippen LogP contribution is -2.37. The molecule has 1 amide bonds. The molecule has 3 nitrogen and oxygen atoms in total. The average Bonchev–Trinajstić information content (AvgIpc) is 3.35. The highest BCUT2D eigenvalue weighted by atomic mass is 35.5. The van der Waals surface area contributed by atoms with E-state index in [1.54, 1.807) is 0 Å². The third-order valence-electron chi connectivity index (χ3n) is 7.20. The summed E-state index contributed by atoms with van der Waals surface area (Å²) < 4.78 is 0. The lowest BCUT2D eigenvalue weighted by atomic mass is 9.89. The van der Waals surface area contributed by atoms with Gasteiger partial charge >= 0.3 is 0 Å². The van der Waals surface area contributed by atoms with E-state index in [-0.39, 0.29) is 0 Å². The molecule has 0 aliphatic carbocycles. The summed E-state index contributed by atoms with van der Waals surface area (Å²) in [5, 5.41) is 0.784. The lowest BCUT2D eigenvalue weighted by Gasteiger charge is -2.32. The van der Waals surface area contributed by atoms with Crippen molar-refractivity contribution in [1.29, 1.82) is 0 Å². The van der Waals surface area contributed by atoms with Gasteiger partial charge in [0.15, 0.2) is 0 Å². The van der Waals surface area contributed by atoms with Crippen molar-refractivity contribution >= 4 is 17.5 Å². The van der Waals surface area contributed by atoms with Crippen molar-refractivity contribution in [3.05, 3.63) is 70.2 Å². The molecule has 2 aromatic carbocycles. The third-order valence-corrected chi connectivity index (χ3v) is 7.45. The summed E-state index contributed by atoms with van der Waals surface area (Å²) in [5.74, 6) is 0.858. The molecule has 4 rings (SSSR count). The molecule has 0 spiro atoms. The maximum absolute atomic E-state index is 12.7. The van der Waals surface area contributed by atoms with Crippen molar-refractivity contribution in [3.8, 4) is 0 Å². The number of carbonyl (C=O) groups is 1. The van der Waals surface area contributed by atoms with E-state index in [2.05, 4.69) is 53.1 Å². The van der Waals surface area contributed by atoms with Crippen molar-refractivity contribution < 1.29 is 4.79 Å². The Balaban J connectivity index is 1.18. The van der Waals surface area contributed by atoms with E-state index in [1.807, 2.05) is 12.1 Å². The minimum Gasteiger partial charge on any atom is -0.343 e. The van der Waals surface area contributed by atoms with Gasteiger partial charge in [0, 0.05) is 30.6 Å². The summed E-state index contributed by atoms with van der Waals surface area (Å²) in [7, 11) is 0. The zero-order chi connectivity index (χ0) is 21.6. The Labute approximate surface area is 192 Å². The van der Waals surface area contributed by atoms with Crippen molar-refractivity contribution in [2.24, 2.45) is 0 Å². The fourth-order valence-electron chi connectivity index (χ4n) is 5.10. The van der Waals surface area contributed by atoms with Gasteiger partial charge in [-0.25, -0.2) is 0 Å². The predicted octanol–water partition coefficient (Wildman–Crippen LogP) is 6.23. The summed E-state index contributed by atoms with van der Waals surface area (Å²) in [6.07, 6.45) is 7.30. The van der Waals surface area contributed by atoms with Crippen LogP contribution >= 0.6 is 11.6 Å². The van der Waals surface area contributed by atoms with Crippen LogP contribution in [0.4, 0.5) is 0 Å². The van der Waals surface area contributed by atoms with Crippen LogP contribution in [0.25, 0.3) is 0 Å². The number of amides is 1. The fourth-order valence-corrected chi connectivity index (χ4v) is 5.23. The molecule has 2 saturated heterocycles. The molecule has 0 radical (unpaired) electrons. The number of hydrogen-bond acceptors (Lipinski definition) is 2. The number of hydrogen-bond donors (Lipinski definition) is 0. The van der Waals surface area contributed by atoms with E-state index < -0.39 is 0 Å². The van der Waals surface area contributed by atoms with Crippen molar-refractivity contribution in [1.82, 2.24) is 9.80 Å². The Kier molecular flexibility index (Phi) is 7.68. The molecule has 0 bridgehead atoms. The number of piperidine rings is 1. The number of likely N-dealkylation sites (tertiary alicyclic amines) is 2. The number of benzene rings is 2. The second-order valence-corrected chi connectivity index (χ2v) is 9.66. The highest BCUT2D eigenvalue weighted by Gasteiger charge is 2.23. The molecule has 166 valence electrons. The SMILES string of the molecule is CC(c1ccc(CCCC(=O)N2CCC(c3ccc(Cl)cc3)CC2)cc1)N1CCCC1. The Hall–Kier alpha value is -1.84. The quantitative estimate of drug-likeness (QED) is 0.511. The lowest BCUT2D eigenvalue weighted by molar-refractivity contribution is -0.132. The van der Waals surface area contributed by atoms with Gasteiger partial charge < -0.3 is 4.90 Å². The third kappa shape index (κ3) is 5.90. The van der Waals surface area contributed by atoms with E-state index in [0.29, 0.717) is 24.3 Å². The van der Waals surface area contributed by atoms with Crippen molar-refractivity contribution in [3.63, 3.8) is 0 Å². The summed E-state index contributed by atoms with van der Waals surface area (Å²) in [5.41, 5.74) is 4.09. The highest BCUT2D eigenvalue weighted by Crippen LogP contribution is 2.29. The summed E-state index contributed by atoms with van der Waals surface area (Å²) >= 11 is 6.00. The van der Waals surface area contributed by atoms with Gasteiger partial charge in [-0.1, -0.05) is 48.0 Å². The van der Waals surface area contributed by atoms with E-state index in [4.69, 9.17) is 11.6 Å². The maximum atomic E-state index is 12.7. The van der Waals surface area contributed by atoms with Crippen LogP contribution in [0.1, 0.15) is 74.1 Å². The van der Waals surface area contributed by atoms with Gasteiger partial charge in [-0.2, -0.15) is 0 Å². The number of nitrogens with zero attached hydrogens (tertiary/aromatic N) is 2. The first-order chi connectivity index (χ1) is 15.1. The van der Waals surface area contributed by atoms with E-state index in [0.717, 1.165) is 43.8 Å². The monoisotopic (exact) mass is 438 g/mol. The van der Waals surface area contributed by atoms with Crippen LogP contribution in [0.3, 0.4) is 0 Å². The molecule has 4 heteroatoms. The molecular formula is C27H35ClN2O. The Bertz CT molecular complexity index is 835. The molecule has 2 aliphatic heterocycles. The maximum Gasteiger partial charge on any atom is 0.222 e. The molecule has 31 heavy (non-hydrogen) atoms. The van der Waals surface area contributed by atoms with Gasteiger partial charge in [0.05, 0.1) is 0 Å². The van der Waals surface area contributed by atoms with Crippen LogP contribution in [0.5, 0.6) is 0 Å². The molecule has 2 aliphatic rings. The van der Waals surface area contributed by atoms with Crippen LogP contribution in [0.2, 0.25) is 5.02 Å². The van der Waals surface area contributed by atoms with Gasteiger partial charge in [-0.15, -0.1) is 0 Å². The largest absolute Gasteiger partial charge is 0.343 e. The molecular weight excluding hydrogens is 404 g/mol. The molecule has 2 fully saturated rings. The molecule has 2 aromatic rings. The second-order valence-electron chi connectivity index (χ2n) is 9.22. The zero-order valence-electron chi connectivity index (χ0n) is 18.7. The Morgan fingerprint density at radius 2 is 1.61 bits per heavy atom. The van der Waals surface area contributed by atoms with Gasteiger partial charge in [-0.3, -0.25) is 9.69 Å². The zero-order valence-corrected chi connectivity index (χ0v) is 19.5. The number of halogens is 1. The smallest absolute Gasteiger partial charge is 0.222 e. The first kappa shape index (κ1) is 22.4. The normalized spacial score (nSPS) is 19.0. The Morgan fingerprint density at radius 1 is 0.968 bits per heavy atom. The van der Waals surface area contributed by atoms with E-state index in [9.17, 15) is 4.79 Å². The fraction of sp³-hybridized carbons (Fsp3) is 0.519. The molecule has 1 atom stereocenters. The molecule has 0 saturated carbocycles. The number of rotatable bonds is 7. The van der Waals surface area contributed by atoms with Gasteiger partial charge in [0.1, 0.15) is 0 Å². The summed E-state index contributed by atoms with van der Waals surface area (Å²) in [6.45, 7) is 6.50. The number of carbonyl (C=O) groups excluding carboxylic acids is 1. The van der Waals surface area contributed by atoms with Crippen LogP contribution in [-0.2, 0) is 11.2 Å². The minimum atomic E-state index is 0.314. The standard InChI is InChI=1S/C27H35ClN2O/c1-21(29-17-2-3-18-29)23-9-7-22(8-10-23)5-4-6-27(31)30-19-15-25(16-20-30)24-11-13-26(28)14-12-24/h7-14,21,25H,2-6,15-20H2,1H3.